The fraction of sp³-hybridized carbons (Fsp3) is 0.900. The maximum absolute atomic E-state index is 10.8. The number of rotatable bonds is 3. The molecule has 3 nitrogen and oxygen atoms in total. The number of hydrogen-bond acceptors (Lipinski definition) is 2. The van der Waals surface area contributed by atoms with Crippen molar-refractivity contribution >= 4 is 5.97 Å². The largest absolute Gasteiger partial charge is 0.481 e. The van der Waals surface area contributed by atoms with Crippen LogP contribution in [0.2, 0.25) is 0 Å². The van der Waals surface area contributed by atoms with Crippen molar-refractivity contribution in [1.82, 2.24) is 0 Å². The van der Waals surface area contributed by atoms with Crippen LogP contribution in [0.1, 0.15) is 27.7 Å². The molecule has 0 heterocycles. The van der Waals surface area contributed by atoms with E-state index in [1.165, 1.54) is 0 Å². The van der Waals surface area contributed by atoms with Crippen LogP contribution in [-0.4, -0.2) is 22.3 Å². The van der Waals surface area contributed by atoms with Crippen LogP contribution >= 0.6 is 0 Å². The molecular weight excluding hydrogens is 168 g/mol. The van der Waals surface area contributed by atoms with E-state index < -0.39 is 12.1 Å². The fourth-order valence-corrected chi connectivity index (χ4v) is 2.20. The normalized spacial score (nSPS) is 33.1. The zero-order valence-electron chi connectivity index (χ0n) is 8.61. The summed E-state index contributed by atoms with van der Waals surface area (Å²) in [4.78, 5) is 10.8. The second-order valence-corrected chi connectivity index (χ2v) is 4.90. The molecule has 0 aromatic heterocycles. The van der Waals surface area contributed by atoms with Gasteiger partial charge in [-0.3, -0.25) is 4.79 Å². The van der Waals surface area contributed by atoms with E-state index in [4.69, 9.17) is 5.11 Å². The smallest absolute Gasteiger partial charge is 0.307 e. The van der Waals surface area contributed by atoms with Crippen LogP contribution in [0.5, 0.6) is 0 Å². The Labute approximate surface area is 78.8 Å². The molecular formula is C10H18O3. The van der Waals surface area contributed by atoms with Gasteiger partial charge < -0.3 is 10.2 Å². The third kappa shape index (κ3) is 1.57. The lowest BCUT2D eigenvalue weighted by atomic mass is 9.98. The Bertz CT molecular complexity index is 220. The van der Waals surface area contributed by atoms with Crippen molar-refractivity contribution in [3.05, 3.63) is 0 Å². The third-order valence-electron chi connectivity index (χ3n) is 3.23. The predicted octanol–water partition coefficient (Wildman–Crippen LogP) is 1.36. The van der Waals surface area contributed by atoms with Crippen LogP contribution in [0.15, 0.2) is 0 Å². The first-order valence-electron chi connectivity index (χ1n) is 4.71. The van der Waals surface area contributed by atoms with Crippen LogP contribution in [-0.2, 0) is 4.79 Å². The minimum absolute atomic E-state index is 0.0787. The number of aliphatic carboxylic acids is 1. The van der Waals surface area contributed by atoms with Crippen LogP contribution in [0.4, 0.5) is 0 Å². The van der Waals surface area contributed by atoms with Crippen molar-refractivity contribution in [2.24, 2.45) is 23.2 Å². The highest BCUT2D eigenvalue weighted by Crippen LogP contribution is 2.60. The molecule has 0 aromatic carbocycles. The van der Waals surface area contributed by atoms with E-state index in [1.54, 1.807) is 0 Å². The van der Waals surface area contributed by atoms with Gasteiger partial charge in [0, 0.05) is 5.92 Å². The molecule has 1 fully saturated rings. The standard InChI is InChI=1S/C10H18O3/c1-5(2)8(11)6-7(9(12)13)10(6,3)4/h5-8,11H,1-4H3,(H,12,13)/t6-,7+,8?/m0/s1. The van der Waals surface area contributed by atoms with Gasteiger partial charge in [-0.15, -0.1) is 0 Å². The summed E-state index contributed by atoms with van der Waals surface area (Å²) in [5.74, 6) is -1.10. The molecule has 1 rings (SSSR count). The van der Waals surface area contributed by atoms with Crippen molar-refractivity contribution in [3.63, 3.8) is 0 Å². The van der Waals surface area contributed by atoms with Gasteiger partial charge >= 0.3 is 5.97 Å². The van der Waals surface area contributed by atoms with Crippen molar-refractivity contribution < 1.29 is 15.0 Å². The van der Waals surface area contributed by atoms with Gasteiger partial charge in [-0.25, -0.2) is 0 Å². The third-order valence-corrected chi connectivity index (χ3v) is 3.23. The number of hydrogen-bond donors (Lipinski definition) is 2. The van der Waals surface area contributed by atoms with E-state index in [-0.39, 0.29) is 23.2 Å². The van der Waals surface area contributed by atoms with E-state index >= 15 is 0 Å². The molecule has 1 aliphatic rings. The molecule has 2 N–H and O–H groups in total. The minimum Gasteiger partial charge on any atom is -0.481 e. The molecule has 3 atom stereocenters. The average Bonchev–Trinajstić information content (AvgIpc) is 2.51. The average molecular weight is 186 g/mol. The summed E-state index contributed by atoms with van der Waals surface area (Å²) in [7, 11) is 0. The van der Waals surface area contributed by atoms with Crippen molar-refractivity contribution in [2.75, 3.05) is 0 Å². The van der Waals surface area contributed by atoms with E-state index in [9.17, 15) is 9.90 Å². The first kappa shape index (κ1) is 10.5. The van der Waals surface area contributed by atoms with Gasteiger partial charge in [0.15, 0.2) is 0 Å². The maximum atomic E-state index is 10.8. The number of aliphatic hydroxyl groups excluding tert-OH is 1. The van der Waals surface area contributed by atoms with Crippen molar-refractivity contribution in [3.8, 4) is 0 Å². The molecule has 0 bridgehead atoms. The molecule has 0 aromatic rings. The number of carboxylic acid groups (broad SMARTS) is 1. The Kier molecular flexibility index (Phi) is 2.41. The summed E-state index contributed by atoms with van der Waals surface area (Å²) < 4.78 is 0. The Hall–Kier alpha value is -0.570. The summed E-state index contributed by atoms with van der Waals surface area (Å²) in [5, 5.41) is 18.6. The Morgan fingerprint density at radius 3 is 2.08 bits per heavy atom. The number of carbonyl (C=O) groups is 1. The molecule has 0 spiro atoms. The predicted molar refractivity (Wildman–Crippen MR) is 49.2 cm³/mol. The van der Waals surface area contributed by atoms with Crippen LogP contribution in [0.3, 0.4) is 0 Å². The Balaban J connectivity index is 2.70. The van der Waals surface area contributed by atoms with Crippen LogP contribution < -0.4 is 0 Å². The lowest BCUT2D eigenvalue weighted by Gasteiger charge is -2.15. The summed E-state index contributed by atoms with van der Waals surface area (Å²) in [6, 6.07) is 0. The highest BCUT2D eigenvalue weighted by Gasteiger charge is 2.65. The van der Waals surface area contributed by atoms with Gasteiger partial charge in [-0.05, 0) is 11.3 Å². The van der Waals surface area contributed by atoms with E-state index in [0.29, 0.717) is 0 Å². The first-order valence-corrected chi connectivity index (χ1v) is 4.71. The topological polar surface area (TPSA) is 57.5 Å². The van der Waals surface area contributed by atoms with Gasteiger partial charge in [0.25, 0.3) is 0 Å². The summed E-state index contributed by atoms with van der Waals surface area (Å²) in [6.45, 7) is 7.64. The molecule has 0 aliphatic heterocycles. The molecule has 0 radical (unpaired) electrons. The van der Waals surface area contributed by atoms with Crippen molar-refractivity contribution in [1.29, 1.82) is 0 Å². The Morgan fingerprint density at radius 1 is 1.38 bits per heavy atom. The van der Waals surface area contributed by atoms with Crippen LogP contribution in [0, 0.1) is 23.2 Å². The fourth-order valence-electron chi connectivity index (χ4n) is 2.20. The lowest BCUT2D eigenvalue weighted by Crippen LogP contribution is -2.20. The molecule has 1 unspecified atom stereocenters. The van der Waals surface area contributed by atoms with Gasteiger partial charge in [-0.2, -0.15) is 0 Å². The summed E-state index contributed by atoms with van der Waals surface area (Å²) >= 11 is 0. The Morgan fingerprint density at radius 2 is 1.85 bits per heavy atom. The molecule has 1 aliphatic carbocycles. The quantitative estimate of drug-likeness (QED) is 0.699. The van der Waals surface area contributed by atoms with Crippen molar-refractivity contribution in [2.45, 2.75) is 33.8 Å². The van der Waals surface area contributed by atoms with Gasteiger partial charge in [0.2, 0.25) is 0 Å². The molecule has 13 heavy (non-hydrogen) atoms. The van der Waals surface area contributed by atoms with Gasteiger partial charge in [-0.1, -0.05) is 27.7 Å². The highest BCUT2D eigenvalue weighted by molar-refractivity contribution is 5.75. The van der Waals surface area contributed by atoms with E-state index in [1.807, 2.05) is 27.7 Å². The number of carboxylic acids is 1. The molecule has 0 saturated heterocycles. The number of aliphatic hydroxyl groups is 1. The molecule has 0 amide bonds. The maximum Gasteiger partial charge on any atom is 0.307 e. The second kappa shape index (κ2) is 2.98. The SMILES string of the molecule is CC(C)C(O)[C@@H]1[C@H](C(=O)O)C1(C)C. The molecule has 76 valence electrons. The summed E-state index contributed by atoms with van der Waals surface area (Å²) in [5.41, 5.74) is -0.241. The van der Waals surface area contributed by atoms with Gasteiger partial charge in [0.05, 0.1) is 12.0 Å². The monoisotopic (exact) mass is 186 g/mol. The minimum atomic E-state index is -0.783. The van der Waals surface area contributed by atoms with E-state index in [0.717, 1.165) is 0 Å². The summed E-state index contributed by atoms with van der Waals surface area (Å²) in [6.07, 6.45) is -0.490. The second-order valence-electron chi connectivity index (χ2n) is 4.90. The zero-order valence-corrected chi connectivity index (χ0v) is 8.61. The van der Waals surface area contributed by atoms with Gasteiger partial charge in [0.1, 0.15) is 0 Å². The van der Waals surface area contributed by atoms with E-state index in [2.05, 4.69) is 0 Å². The lowest BCUT2D eigenvalue weighted by molar-refractivity contribution is -0.139. The molecule has 1 saturated carbocycles. The molecule has 3 heteroatoms. The van der Waals surface area contributed by atoms with Crippen LogP contribution in [0.25, 0.3) is 0 Å². The highest BCUT2D eigenvalue weighted by atomic mass is 16.4. The zero-order chi connectivity index (χ0) is 10.4. The first-order chi connectivity index (χ1) is 5.80.